The lowest BCUT2D eigenvalue weighted by Crippen LogP contribution is -2.39. The molecule has 0 spiro atoms. The van der Waals surface area contributed by atoms with Crippen LogP contribution in [0.5, 0.6) is 0 Å². The van der Waals surface area contributed by atoms with Gasteiger partial charge in [0.15, 0.2) is 5.82 Å². The summed E-state index contributed by atoms with van der Waals surface area (Å²) in [4.78, 5) is 24.3. The molecule has 2 rings (SSSR count). The first-order valence-corrected chi connectivity index (χ1v) is 6.79. The zero-order chi connectivity index (χ0) is 15.4. The van der Waals surface area contributed by atoms with Gasteiger partial charge in [-0.3, -0.25) is 9.78 Å². The fourth-order valence-electron chi connectivity index (χ4n) is 2.00. The molecule has 0 aromatic carbocycles. The van der Waals surface area contributed by atoms with E-state index in [1.807, 2.05) is 32.9 Å². The number of carbonyl (C=O) groups excluding carboxylic acids is 1. The highest BCUT2D eigenvalue weighted by Crippen LogP contribution is 2.18. The quantitative estimate of drug-likeness (QED) is 0.873. The van der Waals surface area contributed by atoms with Crippen molar-refractivity contribution in [1.82, 2.24) is 15.0 Å². The van der Waals surface area contributed by atoms with Crippen LogP contribution in [-0.4, -0.2) is 26.9 Å². The van der Waals surface area contributed by atoms with Crippen LogP contribution in [0.3, 0.4) is 0 Å². The van der Waals surface area contributed by atoms with Gasteiger partial charge in [0.25, 0.3) is 0 Å². The number of nitrogens with one attached hydrogen (secondary N) is 1. The van der Waals surface area contributed by atoms with Crippen molar-refractivity contribution in [2.45, 2.75) is 26.8 Å². The van der Waals surface area contributed by atoms with Crippen molar-refractivity contribution in [3.63, 3.8) is 0 Å². The lowest BCUT2D eigenvalue weighted by molar-refractivity contribution is -0.119. The Balaban J connectivity index is 2.33. The summed E-state index contributed by atoms with van der Waals surface area (Å²) in [6, 6.07) is 5.01. The Morgan fingerprint density at radius 1 is 1.24 bits per heavy atom. The molecule has 0 aliphatic heterocycles. The molecule has 1 amide bonds. The Labute approximate surface area is 123 Å². The normalized spacial score (nSPS) is 12.2. The van der Waals surface area contributed by atoms with E-state index >= 15 is 0 Å². The molecule has 2 heterocycles. The molecule has 0 saturated heterocycles. The molecule has 3 N–H and O–H groups in total. The molecule has 2 aromatic rings. The van der Waals surface area contributed by atoms with Gasteiger partial charge in [-0.25, -0.2) is 9.97 Å². The summed E-state index contributed by atoms with van der Waals surface area (Å²) in [5, 5.41) is 3.09. The summed E-state index contributed by atoms with van der Waals surface area (Å²) in [5.41, 5.74) is 7.10. The van der Waals surface area contributed by atoms with E-state index < -0.39 is 11.9 Å². The average molecular weight is 285 g/mol. The number of pyridine rings is 1. The fourth-order valence-corrected chi connectivity index (χ4v) is 2.00. The van der Waals surface area contributed by atoms with Crippen LogP contribution in [0.25, 0.3) is 11.4 Å². The van der Waals surface area contributed by atoms with Crippen molar-refractivity contribution in [1.29, 1.82) is 0 Å². The van der Waals surface area contributed by atoms with Crippen LogP contribution >= 0.6 is 0 Å². The predicted molar refractivity (Wildman–Crippen MR) is 81.4 cm³/mol. The van der Waals surface area contributed by atoms with Gasteiger partial charge in [0, 0.05) is 29.7 Å². The lowest BCUT2D eigenvalue weighted by Gasteiger charge is -2.20. The summed E-state index contributed by atoms with van der Waals surface area (Å²) < 4.78 is 0. The van der Waals surface area contributed by atoms with Crippen LogP contribution in [0.1, 0.15) is 19.5 Å². The van der Waals surface area contributed by atoms with E-state index in [9.17, 15) is 4.79 Å². The van der Waals surface area contributed by atoms with Gasteiger partial charge in [0.2, 0.25) is 5.91 Å². The van der Waals surface area contributed by atoms with Crippen LogP contribution < -0.4 is 11.1 Å². The van der Waals surface area contributed by atoms with Crippen LogP contribution in [0.15, 0.2) is 30.6 Å². The topological polar surface area (TPSA) is 93.8 Å². The van der Waals surface area contributed by atoms with Gasteiger partial charge in [-0.2, -0.15) is 0 Å². The number of hydrogen-bond donors (Lipinski definition) is 2. The molecule has 0 fully saturated rings. The minimum Gasteiger partial charge on any atom is -0.368 e. The predicted octanol–water partition coefficient (Wildman–Crippen LogP) is 1.77. The Morgan fingerprint density at radius 2 is 1.90 bits per heavy atom. The van der Waals surface area contributed by atoms with E-state index in [-0.39, 0.29) is 5.92 Å². The standard InChI is InChI=1S/C15H19N5O/c1-9(2)13(14(16)21)19-12-8-10(3)18-15(20-12)11-4-6-17-7-5-11/h4-9,13H,1-3H3,(H2,16,21)(H,18,19,20)/t13-/m1/s1. The number of hydrogen-bond acceptors (Lipinski definition) is 5. The number of aromatic nitrogens is 3. The summed E-state index contributed by atoms with van der Waals surface area (Å²) in [6.45, 7) is 5.74. The molecular weight excluding hydrogens is 266 g/mol. The van der Waals surface area contributed by atoms with Crippen molar-refractivity contribution >= 4 is 11.7 Å². The molecule has 6 nitrogen and oxygen atoms in total. The number of aryl methyl sites for hydroxylation is 1. The van der Waals surface area contributed by atoms with E-state index in [2.05, 4.69) is 20.3 Å². The van der Waals surface area contributed by atoms with Crippen LogP contribution in [-0.2, 0) is 4.79 Å². The van der Waals surface area contributed by atoms with Gasteiger partial charge in [0.05, 0.1) is 0 Å². The highest BCUT2D eigenvalue weighted by Gasteiger charge is 2.20. The highest BCUT2D eigenvalue weighted by molar-refractivity contribution is 5.83. The molecule has 1 atom stereocenters. The lowest BCUT2D eigenvalue weighted by atomic mass is 10.0. The maximum Gasteiger partial charge on any atom is 0.240 e. The zero-order valence-electron chi connectivity index (χ0n) is 12.4. The van der Waals surface area contributed by atoms with E-state index in [4.69, 9.17) is 5.73 Å². The van der Waals surface area contributed by atoms with Gasteiger partial charge in [0.1, 0.15) is 11.9 Å². The molecule has 0 radical (unpaired) electrons. The molecule has 2 aromatic heterocycles. The third-order valence-corrected chi connectivity index (χ3v) is 3.07. The summed E-state index contributed by atoms with van der Waals surface area (Å²) in [6.07, 6.45) is 3.38. The molecule has 6 heteroatoms. The Kier molecular flexibility index (Phi) is 4.47. The van der Waals surface area contributed by atoms with E-state index in [1.165, 1.54) is 0 Å². The first-order chi connectivity index (χ1) is 9.97. The molecule has 0 unspecified atom stereocenters. The average Bonchev–Trinajstić information content (AvgIpc) is 2.44. The molecule has 0 aliphatic carbocycles. The third-order valence-electron chi connectivity index (χ3n) is 3.07. The van der Waals surface area contributed by atoms with E-state index in [1.54, 1.807) is 18.5 Å². The number of rotatable bonds is 5. The molecular formula is C15H19N5O. The molecule has 21 heavy (non-hydrogen) atoms. The van der Waals surface area contributed by atoms with Crippen molar-refractivity contribution in [2.24, 2.45) is 11.7 Å². The molecule has 0 saturated carbocycles. The second kappa shape index (κ2) is 6.30. The first-order valence-electron chi connectivity index (χ1n) is 6.79. The number of primary amides is 1. The van der Waals surface area contributed by atoms with Crippen LogP contribution in [0.4, 0.5) is 5.82 Å². The Bertz CT molecular complexity index is 627. The highest BCUT2D eigenvalue weighted by atomic mass is 16.1. The van der Waals surface area contributed by atoms with Crippen LogP contribution in [0.2, 0.25) is 0 Å². The second-order valence-corrected chi connectivity index (χ2v) is 5.22. The zero-order valence-corrected chi connectivity index (χ0v) is 12.4. The van der Waals surface area contributed by atoms with Gasteiger partial charge >= 0.3 is 0 Å². The number of amides is 1. The van der Waals surface area contributed by atoms with E-state index in [0.29, 0.717) is 11.6 Å². The van der Waals surface area contributed by atoms with Crippen molar-refractivity contribution < 1.29 is 4.79 Å². The van der Waals surface area contributed by atoms with Gasteiger partial charge < -0.3 is 11.1 Å². The number of nitrogens with two attached hydrogens (primary N) is 1. The van der Waals surface area contributed by atoms with Crippen LogP contribution in [0, 0.1) is 12.8 Å². The minimum absolute atomic E-state index is 0.0714. The summed E-state index contributed by atoms with van der Waals surface area (Å²) >= 11 is 0. The maximum absolute atomic E-state index is 11.5. The number of carbonyl (C=O) groups is 1. The van der Waals surface area contributed by atoms with Gasteiger partial charge in [-0.15, -0.1) is 0 Å². The van der Waals surface area contributed by atoms with Gasteiger partial charge in [-0.05, 0) is 25.0 Å². The fraction of sp³-hybridized carbons (Fsp3) is 0.333. The SMILES string of the molecule is Cc1cc(N[C@@H](C(N)=O)C(C)C)nc(-c2ccncc2)n1. The van der Waals surface area contributed by atoms with Crippen molar-refractivity contribution in [2.75, 3.05) is 5.32 Å². The Morgan fingerprint density at radius 3 is 2.48 bits per heavy atom. The maximum atomic E-state index is 11.5. The molecule has 0 bridgehead atoms. The van der Waals surface area contributed by atoms with Gasteiger partial charge in [-0.1, -0.05) is 13.8 Å². The smallest absolute Gasteiger partial charge is 0.240 e. The number of anilines is 1. The molecule has 0 aliphatic rings. The van der Waals surface area contributed by atoms with E-state index in [0.717, 1.165) is 11.3 Å². The van der Waals surface area contributed by atoms with Crippen molar-refractivity contribution in [3.8, 4) is 11.4 Å². The number of nitrogens with zero attached hydrogens (tertiary/aromatic N) is 3. The first kappa shape index (κ1) is 14.9. The minimum atomic E-state index is -0.468. The monoisotopic (exact) mass is 285 g/mol. The third kappa shape index (κ3) is 3.75. The largest absolute Gasteiger partial charge is 0.368 e. The summed E-state index contributed by atoms with van der Waals surface area (Å²) in [7, 11) is 0. The summed E-state index contributed by atoms with van der Waals surface area (Å²) in [5.74, 6) is 0.854. The second-order valence-electron chi connectivity index (χ2n) is 5.22. The van der Waals surface area contributed by atoms with Crippen molar-refractivity contribution in [3.05, 3.63) is 36.3 Å². The Hall–Kier alpha value is -2.50. The molecule has 110 valence electrons.